The summed E-state index contributed by atoms with van der Waals surface area (Å²) in [5, 5.41) is 2.07. The van der Waals surface area contributed by atoms with Gasteiger partial charge >= 0.3 is 0 Å². The summed E-state index contributed by atoms with van der Waals surface area (Å²) in [6.45, 7) is 9.34. The number of nitrogens with zero attached hydrogens (tertiary/aromatic N) is 2. The summed E-state index contributed by atoms with van der Waals surface area (Å²) in [5.41, 5.74) is 1.55. The van der Waals surface area contributed by atoms with E-state index in [9.17, 15) is 4.79 Å². The van der Waals surface area contributed by atoms with Gasteiger partial charge < -0.3 is 9.64 Å². The van der Waals surface area contributed by atoms with Gasteiger partial charge in [0, 0.05) is 22.6 Å². The van der Waals surface area contributed by atoms with E-state index in [1.54, 1.807) is 11.3 Å². The standard InChI is InChI=1S/C25H30N2O2S/c1-16-19(17-9-6-5-7-10-17)13-21-25(29-23(26-21)24(2,3)4)14-20(16)22(28)27(25)15-18-11-8-12-30-18/h5-12,16,19-20,23H,13-15H2,1-4H3/t16-,19+,20+,23-,25+/m1/s1. The van der Waals surface area contributed by atoms with Crippen LogP contribution in [0.2, 0.25) is 0 Å². The number of amides is 1. The Morgan fingerprint density at radius 3 is 2.60 bits per heavy atom. The Kier molecular flexibility index (Phi) is 4.67. The zero-order valence-electron chi connectivity index (χ0n) is 18.2. The van der Waals surface area contributed by atoms with Crippen LogP contribution < -0.4 is 0 Å². The number of aliphatic imine (C=N–C) groups is 1. The second kappa shape index (κ2) is 7.03. The number of hydrogen-bond acceptors (Lipinski definition) is 4. The number of benzene rings is 1. The minimum atomic E-state index is -0.693. The molecule has 5 heteroatoms. The predicted molar refractivity (Wildman–Crippen MR) is 120 cm³/mol. The second-order valence-corrected chi connectivity index (χ2v) is 11.1. The van der Waals surface area contributed by atoms with E-state index >= 15 is 0 Å². The molecule has 5 rings (SSSR count). The smallest absolute Gasteiger partial charge is 0.229 e. The zero-order chi connectivity index (χ0) is 21.1. The Morgan fingerprint density at radius 1 is 1.17 bits per heavy atom. The SMILES string of the molecule is C[C@H]1[C@@H]2C[C@@]3(O[C@H](C(C)(C)C)N=C3C[C@@H]1c1ccccc1)N(Cc1cccs1)C2=O. The lowest BCUT2D eigenvalue weighted by molar-refractivity contribution is -0.158. The maximum Gasteiger partial charge on any atom is 0.229 e. The number of likely N-dealkylation sites (tertiary alicyclic amines) is 1. The number of fused-ring (bicyclic) bond motifs is 1. The minimum Gasteiger partial charge on any atom is -0.324 e. The summed E-state index contributed by atoms with van der Waals surface area (Å²) in [4.78, 5) is 22.1. The van der Waals surface area contributed by atoms with E-state index in [0.717, 1.165) is 12.1 Å². The largest absolute Gasteiger partial charge is 0.324 e. The van der Waals surface area contributed by atoms with Gasteiger partial charge in [-0.3, -0.25) is 9.79 Å². The van der Waals surface area contributed by atoms with Crippen LogP contribution >= 0.6 is 11.3 Å². The maximum absolute atomic E-state index is 13.7. The number of carbonyl (C=O) groups excluding carboxylic acids is 1. The van der Waals surface area contributed by atoms with Gasteiger partial charge in [0.15, 0.2) is 12.0 Å². The molecule has 2 aromatic rings. The first-order valence-electron chi connectivity index (χ1n) is 10.9. The third kappa shape index (κ3) is 3.05. The summed E-state index contributed by atoms with van der Waals surface area (Å²) in [6.07, 6.45) is 1.34. The molecule has 1 aromatic heterocycles. The molecule has 1 amide bonds. The normalized spacial score (nSPS) is 33.4. The Balaban J connectivity index is 1.59. The lowest BCUT2D eigenvalue weighted by Gasteiger charge is -2.38. The number of ether oxygens (including phenoxy) is 1. The van der Waals surface area contributed by atoms with Crippen molar-refractivity contribution in [2.45, 2.75) is 65.0 Å². The molecule has 30 heavy (non-hydrogen) atoms. The lowest BCUT2D eigenvalue weighted by atomic mass is 9.78. The molecule has 2 fully saturated rings. The number of thiophene rings is 1. The molecule has 158 valence electrons. The van der Waals surface area contributed by atoms with Crippen LogP contribution in [0.15, 0.2) is 52.8 Å². The summed E-state index contributed by atoms with van der Waals surface area (Å²) in [7, 11) is 0. The molecule has 1 spiro atoms. The van der Waals surface area contributed by atoms with E-state index in [1.165, 1.54) is 10.4 Å². The average molecular weight is 423 g/mol. The third-order valence-corrected chi connectivity index (χ3v) is 7.95. The van der Waals surface area contributed by atoms with Crippen molar-refractivity contribution in [3.8, 4) is 0 Å². The van der Waals surface area contributed by atoms with Crippen LogP contribution in [-0.2, 0) is 16.1 Å². The molecule has 1 aromatic carbocycles. The molecule has 5 atom stereocenters. The fourth-order valence-corrected chi connectivity index (χ4v) is 6.03. The highest BCUT2D eigenvalue weighted by Crippen LogP contribution is 2.54. The van der Waals surface area contributed by atoms with E-state index in [1.807, 2.05) is 11.0 Å². The van der Waals surface area contributed by atoms with Gasteiger partial charge in [-0.1, -0.05) is 64.1 Å². The van der Waals surface area contributed by atoms with Gasteiger partial charge in [-0.2, -0.15) is 0 Å². The van der Waals surface area contributed by atoms with E-state index < -0.39 is 5.72 Å². The highest BCUT2D eigenvalue weighted by Gasteiger charge is 2.63. The second-order valence-electron chi connectivity index (χ2n) is 10.1. The summed E-state index contributed by atoms with van der Waals surface area (Å²) in [6, 6.07) is 14.8. The molecule has 2 aliphatic heterocycles. The maximum atomic E-state index is 13.7. The Labute approximate surface area is 183 Å². The van der Waals surface area contributed by atoms with Gasteiger partial charge in [0.25, 0.3) is 0 Å². The molecular weight excluding hydrogens is 392 g/mol. The van der Waals surface area contributed by atoms with Crippen LogP contribution in [0.5, 0.6) is 0 Å². The van der Waals surface area contributed by atoms with Crippen LogP contribution in [0.25, 0.3) is 0 Å². The number of hydrogen-bond donors (Lipinski definition) is 0. The third-order valence-electron chi connectivity index (χ3n) is 7.09. The van der Waals surface area contributed by atoms with E-state index in [0.29, 0.717) is 13.0 Å². The summed E-state index contributed by atoms with van der Waals surface area (Å²) >= 11 is 1.70. The lowest BCUT2D eigenvalue weighted by Crippen LogP contribution is -2.52. The monoisotopic (exact) mass is 422 g/mol. The van der Waals surface area contributed by atoms with Crippen LogP contribution in [-0.4, -0.2) is 28.5 Å². The first-order chi connectivity index (χ1) is 14.3. The number of carbonyl (C=O) groups is 1. The first kappa shape index (κ1) is 20.0. The highest BCUT2D eigenvalue weighted by atomic mass is 32.1. The van der Waals surface area contributed by atoms with Gasteiger partial charge in [-0.05, 0) is 35.3 Å². The molecule has 0 unspecified atom stereocenters. The van der Waals surface area contributed by atoms with E-state index in [4.69, 9.17) is 9.73 Å². The Morgan fingerprint density at radius 2 is 1.93 bits per heavy atom. The molecule has 3 heterocycles. The van der Waals surface area contributed by atoms with Crippen molar-refractivity contribution in [2.24, 2.45) is 22.2 Å². The molecule has 1 saturated heterocycles. The van der Waals surface area contributed by atoms with Gasteiger partial charge in [-0.25, -0.2) is 0 Å². The molecule has 0 radical (unpaired) electrons. The predicted octanol–water partition coefficient (Wildman–Crippen LogP) is 5.46. The van der Waals surface area contributed by atoms with Gasteiger partial charge in [0.1, 0.15) is 0 Å². The van der Waals surface area contributed by atoms with Crippen molar-refractivity contribution in [3.63, 3.8) is 0 Å². The van der Waals surface area contributed by atoms with Crippen LogP contribution in [0.1, 0.15) is 56.9 Å². The molecule has 1 aliphatic carbocycles. The summed E-state index contributed by atoms with van der Waals surface area (Å²) in [5.74, 6) is 0.711. The molecule has 1 saturated carbocycles. The van der Waals surface area contributed by atoms with Crippen LogP contribution in [0, 0.1) is 17.3 Å². The van der Waals surface area contributed by atoms with Gasteiger partial charge in [-0.15, -0.1) is 11.3 Å². The van der Waals surface area contributed by atoms with Crippen molar-refractivity contribution in [1.82, 2.24) is 4.90 Å². The topological polar surface area (TPSA) is 41.9 Å². The van der Waals surface area contributed by atoms with Gasteiger partial charge in [0.05, 0.1) is 12.3 Å². The zero-order valence-corrected chi connectivity index (χ0v) is 19.0. The Bertz CT molecular complexity index is 963. The van der Waals surface area contributed by atoms with Crippen molar-refractivity contribution in [1.29, 1.82) is 0 Å². The fraction of sp³-hybridized carbons (Fsp3) is 0.520. The van der Waals surface area contributed by atoms with Crippen molar-refractivity contribution < 1.29 is 9.53 Å². The van der Waals surface area contributed by atoms with Crippen LogP contribution in [0.3, 0.4) is 0 Å². The van der Waals surface area contributed by atoms with Crippen molar-refractivity contribution in [2.75, 3.05) is 0 Å². The molecular formula is C25H30N2O2S. The molecule has 2 bridgehead atoms. The van der Waals surface area contributed by atoms with Crippen molar-refractivity contribution in [3.05, 3.63) is 58.3 Å². The Hall–Kier alpha value is -1.98. The quantitative estimate of drug-likeness (QED) is 0.659. The summed E-state index contributed by atoms with van der Waals surface area (Å²) < 4.78 is 6.76. The van der Waals surface area contributed by atoms with Gasteiger partial charge in [0.2, 0.25) is 5.91 Å². The minimum absolute atomic E-state index is 0.0402. The average Bonchev–Trinajstić information content (AvgIpc) is 3.40. The molecule has 0 N–H and O–H groups in total. The van der Waals surface area contributed by atoms with Crippen LogP contribution in [0.4, 0.5) is 0 Å². The van der Waals surface area contributed by atoms with E-state index in [-0.39, 0.29) is 35.3 Å². The van der Waals surface area contributed by atoms with E-state index in [2.05, 4.69) is 69.5 Å². The first-order valence-corrected chi connectivity index (χ1v) is 11.8. The molecule has 3 aliphatic rings. The van der Waals surface area contributed by atoms with Crippen molar-refractivity contribution >= 4 is 23.0 Å². The highest BCUT2D eigenvalue weighted by molar-refractivity contribution is 7.09. The fourth-order valence-electron chi connectivity index (χ4n) is 5.33. The number of rotatable bonds is 3. The molecule has 4 nitrogen and oxygen atoms in total.